The molecule has 150 valence electrons. The van der Waals surface area contributed by atoms with Crippen molar-refractivity contribution in [2.45, 2.75) is 38.5 Å². The summed E-state index contributed by atoms with van der Waals surface area (Å²) in [7, 11) is 0. The molecule has 2 fully saturated rings. The summed E-state index contributed by atoms with van der Waals surface area (Å²) in [4.78, 5) is 14.1. The molecule has 4 nitrogen and oxygen atoms in total. The number of aryl methyl sites for hydroxylation is 1. The summed E-state index contributed by atoms with van der Waals surface area (Å²) in [6, 6.07) is 7.34. The van der Waals surface area contributed by atoms with Crippen molar-refractivity contribution >= 4 is 17.7 Å². The Hall–Kier alpha value is -1.88. The highest BCUT2D eigenvalue weighted by atomic mass is 32.2. The van der Waals surface area contributed by atoms with Crippen molar-refractivity contribution in [2.24, 2.45) is 17.8 Å². The Labute approximate surface area is 171 Å². The zero-order chi connectivity index (χ0) is 19.5. The molecule has 0 radical (unpaired) electrons. The van der Waals surface area contributed by atoms with Crippen LogP contribution < -0.4 is 0 Å². The van der Waals surface area contributed by atoms with Crippen LogP contribution in [0.25, 0.3) is 0 Å². The first-order valence-electron chi connectivity index (χ1n) is 10.4. The number of phenols is 1. The number of benzene rings is 1. The Morgan fingerprint density at radius 2 is 2.00 bits per heavy atom. The van der Waals surface area contributed by atoms with Crippen LogP contribution in [0.1, 0.15) is 37.7 Å². The second-order valence-corrected chi connectivity index (χ2v) is 9.47. The van der Waals surface area contributed by atoms with E-state index in [9.17, 15) is 15.0 Å². The quantitative estimate of drug-likeness (QED) is 0.623. The fourth-order valence-corrected chi connectivity index (χ4v) is 6.23. The highest BCUT2D eigenvalue weighted by Gasteiger charge is 2.40. The summed E-state index contributed by atoms with van der Waals surface area (Å²) < 4.78 is 0. The van der Waals surface area contributed by atoms with E-state index in [1.165, 1.54) is 31.2 Å². The number of hydrogen-bond acceptors (Lipinski definition) is 4. The van der Waals surface area contributed by atoms with Gasteiger partial charge in [0.05, 0.1) is 10.6 Å². The molecule has 1 aliphatic heterocycles. The molecule has 2 saturated carbocycles. The maximum atomic E-state index is 11.8. The molecular formula is C23H29NO3S. The second kappa shape index (κ2) is 8.64. The smallest absolute Gasteiger partial charge is 0.338 e. The number of carbonyl (C=O) groups is 1. The fourth-order valence-electron chi connectivity index (χ4n) is 5.10. The van der Waals surface area contributed by atoms with Gasteiger partial charge in [-0.2, -0.15) is 0 Å². The minimum Gasteiger partial charge on any atom is -0.508 e. The second-order valence-electron chi connectivity index (χ2n) is 8.38. The van der Waals surface area contributed by atoms with Crippen molar-refractivity contribution in [3.05, 3.63) is 52.6 Å². The number of thioether (sulfide) groups is 1. The van der Waals surface area contributed by atoms with Gasteiger partial charge in [-0.05, 0) is 79.4 Å². The zero-order valence-corrected chi connectivity index (χ0v) is 17.0. The lowest BCUT2D eigenvalue weighted by molar-refractivity contribution is -0.132. The van der Waals surface area contributed by atoms with Crippen LogP contribution in [0.4, 0.5) is 0 Å². The van der Waals surface area contributed by atoms with Crippen molar-refractivity contribution in [1.29, 1.82) is 0 Å². The van der Waals surface area contributed by atoms with Gasteiger partial charge in [-0.3, -0.25) is 0 Å². The number of rotatable bonds is 8. The van der Waals surface area contributed by atoms with E-state index in [0.29, 0.717) is 11.3 Å². The Bertz CT molecular complexity index is 771. The summed E-state index contributed by atoms with van der Waals surface area (Å²) in [6.07, 6.45) is 11.2. The lowest BCUT2D eigenvalue weighted by Gasteiger charge is -2.34. The Morgan fingerprint density at radius 3 is 2.68 bits per heavy atom. The molecule has 0 saturated heterocycles. The molecule has 0 aromatic heterocycles. The first kappa shape index (κ1) is 19.4. The van der Waals surface area contributed by atoms with Gasteiger partial charge in [0, 0.05) is 13.1 Å². The minimum absolute atomic E-state index is 0.291. The number of fused-ring (bicyclic) bond motifs is 2. The molecule has 2 bridgehead atoms. The van der Waals surface area contributed by atoms with E-state index < -0.39 is 5.97 Å². The van der Waals surface area contributed by atoms with Gasteiger partial charge in [-0.1, -0.05) is 24.6 Å². The van der Waals surface area contributed by atoms with Gasteiger partial charge in [0.15, 0.2) is 0 Å². The third-order valence-electron chi connectivity index (χ3n) is 6.48. The lowest BCUT2D eigenvalue weighted by Crippen LogP contribution is -2.33. The van der Waals surface area contributed by atoms with Crippen LogP contribution >= 0.6 is 11.8 Å². The van der Waals surface area contributed by atoms with Crippen molar-refractivity contribution in [3.63, 3.8) is 0 Å². The molecule has 28 heavy (non-hydrogen) atoms. The highest BCUT2D eigenvalue weighted by Crippen LogP contribution is 2.49. The maximum absolute atomic E-state index is 11.8. The average Bonchev–Trinajstić information content (AvgIpc) is 3.30. The van der Waals surface area contributed by atoms with Crippen molar-refractivity contribution in [1.82, 2.24) is 4.90 Å². The van der Waals surface area contributed by atoms with E-state index in [4.69, 9.17) is 0 Å². The first-order valence-corrected chi connectivity index (χ1v) is 11.4. The standard InChI is InChI=1S/C23H29NO3S/c25-20-9-6-16(7-10-20)3-2-12-28-22-21(23(26)27)4-1-11-24(22)15-19-14-17-5-8-18(19)13-17/h1,4,6-7,9-10,17-19,25H,2-3,5,8,11-15H2,(H,26,27). The highest BCUT2D eigenvalue weighted by molar-refractivity contribution is 8.03. The van der Waals surface area contributed by atoms with Crippen LogP contribution in [-0.2, 0) is 11.2 Å². The Morgan fingerprint density at radius 1 is 1.18 bits per heavy atom. The molecule has 1 heterocycles. The lowest BCUT2D eigenvalue weighted by atomic mass is 9.88. The Kier molecular flexibility index (Phi) is 6.00. The number of aliphatic carboxylic acids is 1. The van der Waals surface area contributed by atoms with Gasteiger partial charge >= 0.3 is 5.97 Å². The van der Waals surface area contributed by atoms with Crippen LogP contribution in [0.15, 0.2) is 47.0 Å². The van der Waals surface area contributed by atoms with Crippen LogP contribution in [0.3, 0.4) is 0 Å². The molecule has 0 spiro atoms. The predicted molar refractivity (Wildman–Crippen MR) is 113 cm³/mol. The van der Waals surface area contributed by atoms with Gasteiger partial charge in [0.2, 0.25) is 0 Å². The predicted octanol–water partition coefficient (Wildman–Crippen LogP) is 4.66. The minimum atomic E-state index is -0.824. The van der Waals surface area contributed by atoms with E-state index >= 15 is 0 Å². The molecule has 3 unspecified atom stereocenters. The summed E-state index contributed by atoms with van der Waals surface area (Å²) in [5.74, 6) is 2.86. The number of phenolic OH excluding ortho intramolecular Hbond substituents is 1. The van der Waals surface area contributed by atoms with E-state index in [1.807, 2.05) is 18.2 Å². The molecule has 3 aliphatic rings. The van der Waals surface area contributed by atoms with Crippen molar-refractivity contribution in [3.8, 4) is 5.75 Å². The van der Waals surface area contributed by atoms with Gasteiger partial charge in [-0.15, -0.1) is 11.8 Å². The summed E-state index contributed by atoms with van der Waals surface area (Å²) in [5.41, 5.74) is 1.65. The summed E-state index contributed by atoms with van der Waals surface area (Å²) in [5, 5.41) is 20.0. The molecule has 1 aromatic carbocycles. The van der Waals surface area contributed by atoms with Crippen molar-refractivity contribution < 1.29 is 15.0 Å². The number of carboxylic acid groups (broad SMARTS) is 1. The summed E-state index contributed by atoms with van der Waals surface area (Å²) >= 11 is 1.69. The molecule has 2 N–H and O–H groups in total. The monoisotopic (exact) mass is 399 g/mol. The molecule has 5 heteroatoms. The van der Waals surface area contributed by atoms with Crippen LogP contribution in [-0.4, -0.2) is 39.9 Å². The average molecular weight is 400 g/mol. The number of carboxylic acids is 1. The van der Waals surface area contributed by atoms with E-state index in [2.05, 4.69) is 4.90 Å². The Balaban J connectivity index is 1.37. The van der Waals surface area contributed by atoms with Crippen LogP contribution in [0.2, 0.25) is 0 Å². The van der Waals surface area contributed by atoms with Gasteiger partial charge in [-0.25, -0.2) is 4.79 Å². The first-order chi connectivity index (χ1) is 13.6. The van der Waals surface area contributed by atoms with E-state index in [0.717, 1.165) is 54.5 Å². The third kappa shape index (κ3) is 4.40. The molecule has 1 aromatic rings. The van der Waals surface area contributed by atoms with Crippen molar-refractivity contribution in [2.75, 3.05) is 18.8 Å². The van der Waals surface area contributed by atoms with E-state index in [-0.39, 0.29) is 0 Å². The number of nitrogens with zero attached hydrogens (tertiary/aromatic N) is 1. The van der Waals surface area contributed by atoms with Gasteiger partial charge in [0.1, 0.15) is 5.75 Å². The van der Waals surface area contributed by atoms with Gasteiger partial charge in [0.25, 0.3) is 0 Å². The van der Waals surface area contributed by atoms with Crippen LogP contribution in [0.5, 0.6) is 5.75 Å². The molecular weight excluding hydrogens is 370 g/mol. The van der Waals surface area contributed by atoms with E-state index in [1.54, 1.807) is 30.0 Å². The third-order valence-corrected chi connectivity index (χ3v) is 7.73. The van der Waals surface area contributed by atoms with Crippen LogP contribution in [0, 0.1) is 17.8 Å². The zero-order valence-electron chi connectivity index (χ0n) is 16.2. The SMILES string of the molecule is O=C(O)C1=C(SCCCc2ccc(O)cc2)N(CC2CC3CCC2C3)CC=C1. The number of hydrogen-bond donors (Lipinski definition) is 2. The topological polar surface area (TPSA) is 60.8 Å². The fraction of sp³-hybridized carbons (Fsp3) is 0.522. The molecule has 4 rings (SSSR count). The maximum Gasteiger partial charge on any atom is 0.338 e. The largest absolute Gasteiger partial charge is 0.508 e. The molecule has 0 amide bonds. The summed E-state index contributed by atoms with van der Waals surface area (Å²) in [6.45, 7) is 1.83. The normalized spacial score (nSPS) is 26.3. The number of aromatic hydroxyl groups is 1. The molecule has 2 aliphatic carbocycles. The van der Waals surface area contributed by atoms with Gasteiger partial charge < -0.3 is 15.1 Å². The molecule has 3 atom stereocenters.